The summed E-state index contributed by atoms with van der Waals surface area (Å²) in [5.74, 6) is -1.23. The van der Waals surface area contributed by atoms with Gasteiger partial charge < -0.3 is 29.5 Å². The van der Waals surface area contributed by atoms with Gasteiger partial charge in [-0.1, -0.05) is 0 Å². The van der Waals surface area contributed by atoms with Crippen molar-refractivity contribution in [3.8, 4) is 0 Å². The van der Waals surface area contributed by atoms with Crippen molar-refractivity contribution in [3.63, 3.8) is 0 Å². The zero-order valence-electron chi connectivity index (χ0n) is 13.0. The van der Waals surface area contributed by atoms with Gasteiger partial charge in [-0.3, -0.25) is 9.59 Å². The summed E-state index contributed by atoms with van der Waals surface area (Å²) in [6.45, 7) is 0.813. The molecule has 0 rings (SSSR count). The maximum absolute atomic E-state index is 10.9. The molecule has 0 aliphatic carbocycles. The first-order chi connectivity index (χ1) is 6.66. The zero-order valence-corrected chi connectivity index (χ0v) is 15.0. The van der Waals surface area contributed by atoms with Crippen LogP contribution in [0.25, 0.3) is 0 Å². The molecule has 0 aromatic carbocycles. The molecule has 0 saturated carbocycles. The van der Waals surface area contributed by atoms with E-state index in [1.165, 1.54) is 0 Å². The fourth-order valence-corrected chi connectivity index (χ4v) is 0.787. The van der Waals surface area contributed by atoms with Crippen LogP contribution in [0.3, 0.4) is 0 Å². The molecule has 0 atom stereocenters. The molecular formula is C8H22N2Na2O6. The van der Waals surface area contributed by atoms with E-state index in [0.29, 0.717) is 25.9 Å². The predicted molar refractivity (Wildman–Crippen MR) is 58.7 cm³/mol. The molecule has 0 bridgehead atoms. The number of hydrogen-bond acceptors (Lipinski definition) is 5. The Labute approximate surface area is 153 Å². The Morgan fingerprint density at radius 2 is 1.67 bits per heavy atom. The third-order valence-electron chi connectivity index (χ3n) is 1.45. The number of carboxylic acids is 1. The van der Waals surface area contributed by atoms with Crippen molar-refractivity contribution in [1.29, 1.82) is 0 Å². The van der Waals surface area contributed by atoms with Gasteiger partial charge in [-0.05, 0) is 12.8 Å². The zero-order chi connectivity index (χ0) is 10.8. The van der Waals surface area contributed by atoms with Crippen molar-refractivity contribution in [2.75, 3.05) is 13.1 Å². The largest absolute Gasteiger partial charge is 1.00 e. The van der Waals surface area contributed by atoms with E-state index in [4.69, 9.17) is 10.8 Å². The summed E-state index contributed by atoms with van der Waals surface area (Å²) in [5, 5.41) is 8.31. The van der Waals surface area contributed by atoms with Crippen molar-refractivity contribution < 1.29 is 92.5 Å². The Bertz CT molecular complexity index is 206. The van der Waals surface area contributed by atoms with Gasteiger partial charge in [0.15, 0.2) is 0 Å². The molecule has 10 heteroatoms. The van der Waals surface area contributed by atoms with Gasteiger partial charge in [-0.25, -0.2) is 0 Å². The summed E-state index contributed by atoms with van der Waals surface area (Å²) in [4.78, 5) is 25.6. The summed E-state index contributed by atoms with van der Waals surface area (Å²) in [6, 6.07) is 0. The standard InChI is InChI=1S/C8H16N2O4.2Na.2H2O.2H/c9-5-6-10-14-8(13)4-2-1-3-7(11)12;;;;;;/h10H,1-6,9H2,(H,11,12);;;2*1H2;;/q;2*+1;;;2*-1. The van der Waals surface area contributed by atoms with Crippen LogP contribution in [0.5, 0.6) is 0 Å². The summed E-state index contributed by atoms with van der Waals surface area (Å²) >= 11 is 0. The van der Waals surface area contributed by atoms with E-state index < -0.39 is 5.97 Å². The molecule has 8 nitrogen and oxygen atoms in total. The number of unbranched alkanes of at least 4 members (excludes halogenated alkanes) is 1. The minimum Gasteiger partial charge on any atom is -1.00 e. The molecule has 0 aromatic heterocycles. The second-order valence-corrected chi connectivity index (χ2v) is 2.76. The molecule has 0 fully saturated rings. The van der Waals surface area contributed by atoms with Crippen molar-refractivity contribution in [1.82, 2.24) is 5.48 Å². The number of carboxylic acid groups (broad SMARTS) is 1. The van der Waals surface area contributed by atoms with E-state index in [-0.39, 0.29) is 91.7 Å². The van der Waals surface area contributed by atoms with E-state index >= 15 is 0 Å². The maximum Gasteiger partial charge on any atom is 1.00 e. The quantitative estimate of drug-likeness (QED) is 0.228. The van der Waals surface area contributed by atoms with Crippen molar-refractivity contribution in [2.24, 2.45) is 5.73 Å². The van der Waals surface area contributed by atoms with Crippen LogP contribution in [0.1, 0.15) is 28.5 Å². The van der Waals surface area contributed by atoms with Gasteiger partial charge in [0.25, 0.3) is 0 Å². The molecule has 0 radical (unpaired) electrons. The van der Waals surface area contributed by atoms with Gasteiger partial charge >= 0.3 is 71.1 Å². The first kappa shape index (κ1) is 31.3. The Morgan fingerprint density at radius 1 is 1.17 bits per heavy atom. The average molecular weight is 288 g/mol. The fourth-order valence-electron chi connectivity index (χ4n) is 0.787. The van der Waals surface area contributed by atoms with E-state index in [2.05, 4.69) is 10.3 Å². The number of nitrogens with one attached hydrogen (secondary N) is 1. The van der Waals surface area contributed by atoms with Gasteiger partial charge in [-0.15, -0.1) is 0 Å². The van der Waals surface area contributed by atoms with Crippen LogP contribution in [0.2, 0.25) is 0 Å². The second-order valence-electron chi connectivity index (χ2n) is 2.76. The van der Waals surface area contributed by atoms with Gasteiger partial charge in [0.2, 0.25) is 0 Å². The summed E-state index contributed by atoms with van der Waals surface area (Å²) < 4.78 is 0. The van der Waals surface area contributed by atoms with Crippen molar-refractivity contribution in [2.45, 2.75) is 25.7 Å². The van der Waals surface area contributed by atoms with E-state index in [1.54, 1.807) is 0 Å². The average Bonchev–Trinajstić information content (AvgIpc) is 2.13. The molecule has 0 spiro atoms. The monoisotopic (exact) mass is 288 g/mol. The number of carbonyl (C=O) groups excluding carboxylic acids is 1. The number of carbonyl (C=O) groups is 2. The molecule has 102 valence electrons. The third-order valence-corrected chi connectivity index (χ3v) is 1.45. The SMILES string of the molecule is NCCNOC(=O)CCCCC(=O)O.O.O.[H-].[H-].[Na+].[Na+]. The van der Waals surface area contributed by atoms with Crippen molar-refractivity contribution in [3.05, 3.63) is 0 Å². The number of hydroxylamine groups is 1. The van der Waals surface area contributed by atoms with E-state index in [1.807, 2.05) is 0 Å². The van der Waals surface area contributed by atoms with E-state index in [9.17, 15) is 9.59 Å². The Hall–Kier alpha value is 0.780. The number of nitrogens with two attached hydrogens (primary N) is 1. The van der Waals surface area contributed by atoms with Crippen LogP contribution in [0.15, 0.2) is 0 Å². The first-order valence-electron chi connectivity index (χ1n) is 4.51. The number of rotatable bonds is 8. The Morgan fingerprint density at radius 3 is 2.11 bits per heavy atom. The van der Waals surface area contributed by atoms with Gasteiger partial charge in [-0.2, -0.15) is 5.48 Å². The van der Waals surface area contributed by atoms with Gasteiger partial charge in [0, 0.05) is 25.9 Å². The fraction of sp³-hybridized carbons (Fsp3) is 0.750. The molecule has 0 aliphatic rings. The van der Waals surface area contributed by atoms with Gasteiger partial charge in [0.05, 0.1) is 0 Å². The summed E-state index contributed by atoms with van der Waals surface area (Å²) in [7, 11) is 0. The van der Waals surface area contributed by atoms with Crippen LogP contribution in [0.4, 0.5) is 0 Å². The van der Waals surface area contributed by atoms with Crippen LogP contribution in [0, 0.1) is 0 Å². The smallest absolute Gasteiger partial charge is 1.00 e. The second kappa shape index (κ2) is 22.9. The Kier molecular flexibility index (Phi) is 39.8. The molecule has 0 unspecified atom stereocenters. The minimum atomic E-state index is -0.848. The number of hydrogen-bond donors (Lipinski definition) is 3. The summed E-state index contributed by atoms with van der Waals surface area (Å²) in [6.07, 6.45) is 1.32. The summed E-state index contributed by atoms with van der Waals surface area (Å²) in [5.41, 5.74) is 7.54. The van der Waals surface area contributed by atoms with Crippen molar-refractivity contribution >= 4 is 11.9 Å². The van der Waals surface area contributed by atoms with Crippen LogP contribution in [-0.4, -0.2) is 41.1 Å². The number of aliphatic carboxylic acids is 1. The normalized spacial score (nSPS) is 7.61. The molecule has 0 aromatic rings. The van der Waals surface area contributed by atoms with Crippen LogP contribution >= 0.6 is 0 Å². The molecule has 0 heterocycles. The molecule has 0 aliphatic heterocycles. The maximum atomic E-state index is 10.9. The van der Waals surface area contributed by atoms with Gasteiger partial charge in [0.1, 0.15) is 0 Å². The topological polar surface area (TPSA) is 165 Å². The van der Waals surface area contributed by atoms with Crippen LogP contribution in [-0.2, 0) is 14.4 Å². The molecule has 8 N–H and O–H groups in total. The third kappa shape index (κ3) is 25.6. The molecular weight excluding hydrogens is 266 g/mol. The first-order valence-corrected chi connectivity index (χ1v) is 4.51. The predicted octanol–water partition coefficient (Wildman–Crippen LogP) is -7.78. The molecule has 0 amide bonds. The Balaban J connectivity index is -0.0000000563. The molecule has 18 heavy (non-hydrogen) atoms. The molecule has 0 saturated heterocycles. The van der Waals surface area contributed by atoms with Crippen LogP contribution < -0.4 is 70.3 Å². The minimum absolute atomic E-state index is 0. The van der Waals surface area contributed by atoms with E-state index in [0.717, 1.165) is 0 Å².